The molecule has 1 unspecified atom stereocenters. The molecule has 1 N–H and O–H groups in total. The van der Waals surface area contributed by atoms with Crippen molar-refractivity contribution in [1.29, 1.82) is 0 Å². The first-order chi connectivity index (χ1) is 7.32. The summed E-state index contributed by atoms with van der Waals surface area (Å²) in [5, 5.41) is 8.38. The lowest BCUT2D eigenvalue weighted by Gasteiger charge is -2.19. The molecular formula is C10H8F4O2. The van der Waals surface area contributed by atoms with Crippen molar-refractivity contribution in [3.63, 3.8) is 0 Å². The van der Waals surface area contributed by atoms with Gasteiger partial charge in [-0.05, 0) is 6.07 Å². The fraction of sp³-hybridized carbons (Fsp3) is 0.300. The van der Waals surface area contributed by atoms with Gasteiger partial charge >= 0.3 is 12.1 Å². The Hall–Kier alpha value is -1.59. The predicted molar refractivity (Wildman–Crippen MR) is 47.4 cm³/mol. The third-order valence-electron chi connectivity index (χ3n) is 2.05. The van der Waals surface area contributed by atoms with Gasteiger partial charge in [0.1, 0.15) is 5.82 Å². The van der Waals surface area contributed by atoms with Crippen molar-refractivity contribution in [1.82, 2.24) is 0 Å². The Labute approximate surface area is 88.5 Å². The maximum Gasteiger partial charge on any atom is 0.396 e. The van der Waals surface area contributed by atoms with E-state index in [1.807, 2.05) is 0 Å². The van der Waals surface area contributed by atoms with Crippen LogP contribution >= 0.6 is 0 Å². The number of carboxylic acids is 1. The lowest BCUT2D eigenvalue weighted by molar-refractivity contribution is -0.163. The van der Waals surface area contributed by atoms with Crippen LogP contribution < -0.4 is 0 Å². The number of benzene rings is 1. The zero-order valence-electron chi connectivity index (χ0n) is 7.96. The lowest BCUT2D eigenvalue weighted by Crippen LogP contribution is -2.24. The van der Waals surface area contributed by atoms with E-state index in [1.165, 1.54) is 12.1 Å². The molecule has 0 amide bonds. The molecule has 2 nitrogen and oxygen atoms in total. The highest BCUT2D eigenvalue weighted by atomic mass is 19.4. The van der Waals surface area contributed by atoms with Gasteiger partial charge in [0, 0.05) is 5.56 Å². The minimum Gasteiger partial charge on any atom is -0.481 e. The van der Waals surface area contributed by atoms with Crippen molar-refractivity contribution >= 4 is 5.97 Å². The number of rotatable bonds is 3. The average Bonchev–Trinajstić information content (AvgIpc) is 2.13. The van der Waals surface area contributed by atoms with Crippen LogP contribution in [0.15, 0.2) is 24.3 Å². The van der Waals surface area contributed by atoms with Gasteiger partial charge in [0.15, 0.2) is 0 Å². The molecular weight excluding hydrogens is 228 g/mol. The van der Waals surface area contributed by atoms with E-state index < -0.39 is 35.9 Å². The fourth-order valence-corrected chi connectivity index (χ4v) is 1.33. The van der Waals surface area contributed by atoms with Crippen molar-refractivity contribution in [2.45, 2.75) is 18.5 Å². The molecule has 0 aromatic heterocycles. The van der Waals surface area contributed by atoms with E-state index in [0.717, 1.165) is 12.1 Å². The Morgan fingerprint density at radius 1 is 1.31 bits per heavy atom. The van der Waals surface area contributed by atoms with Gasteiger partial charge < -0.3 is 5.11 Å². The largest absolute Gasteiger partial charge is 0.481 e. The van der Waals surface area contributed by atoms with Gasteiger partial charge in [-0.3, -0.25) is 4.79 Å². The standard InChI is InChI=1S/C10H8F4O2/c11-8-4-2-1-3-6(8)7(5-9(15)16)10(12,13)14/h1-4,7H,5H2,(H,15,16). The molecule has 0 bridgehead atoms. The summed E-state index contributed by atoms with van der Waals surface area (Å²) in [5.41, 5.74) is -0.641. The smallest absolute Gasteiger partial charge is 0.396 e. The quantitative estimate of drug-likeness (QED) is 0.819. The van der Waals surface area contributed by atoms with Crippen molar-refractivity contribution in [3.8, 4) is 0 Å². The van der Waals surface area contributed by atoms with Crippen molar-refractivity contribution in [2.24, 2.45) is 0 Å². The van der Waals surface area contributed by atoms with Crippen molar-refractivity contribution in [2.75, 3.05) is 0 Å². The Bertz CT molecular complexity index is 387. The summed E-state index contributed by atoms with van der Waals surface area (Å²) in [7, 11) is 0. The van der Waals surface area contributed by atoms with E-state index in [9.17, 15) is 22.4 Å². The third kappa shape index (κ3) is 2.95. The van der Waals surface area contributed by atoms with E-state index in [4.69, 9.17) is 5.11 Å². The highest BCUT2D eigenvalue weighted by Gasteiger charge is 2.43. The van der Waals surface area contributed by atoms with Crippen LogP contribution in [0.5, 0.6) is 0 Å². The van der Waals surface area contributed by atoms with E-state index in [-0.39, 0.29) is 0 Å². The van der Waals surface area contributed by atoms with Gasteiger partial charge in [0.25, 0.3) is 0 Å². The Balaban J connectivity index is 3.12. The highest BCUT2D eigenvalue weighted by Crippen LogP contribution is 2.38. The third-order valence-corrected chi connectivity index (χ3v) is 2.05. The topological polar surface area (TPSA) is 37.3 Å². The normalized spacial score (nSPS) is 13.5. The molecule has 0 aliphatic heterocycles. The summed E-state index contributed by atoms with van der Waals surface area (Å²) in [5.74, 6) is -4.98. The lowest BCUT2D eigenvalue weighted by atomic mass is 9.95. The van der Waals surface area contributed by atoms with Crippen LogP contribution in [0.4, 0.5) is 17.6 Å². The van der Waals surface area contributed by atoms with E-state index in [0.29, 0.717) is 0 Å². The second-order valence-electron chi connectivity index (χ2n) is 3.21. The molecule has 88 valence electrons. The summed E-state index contributed by atoms with van der Waals surface area (Å²) in [6.45, 7) is 0. The van der Waals surface area contributed by atoms with Gasteiger partial charge in [-0.2, -0.15) is 13.2 Å². The number of alkyl halides is 3. The maximum atomic E-state index is 13.1. The van der Waals surface area contributed by atoms with Gasteiger partial charge in [0.05, 0.1) is 12.3 Å². The van der Waals surface area contributed by atoms with Crippen molar-refractivity contribution < 1.29 is 27.5 Å². The molecule has 0 saturated heterocycles. The highest BCUT2D eigenvalue weighted by molar-refractivity contribution is 5.68. The first-order valence-electron chi connectivity index (χ1n) is 4.35. The first kappa shape index (κ1) is 12.5. The number of carboxylic acid groups (broad SMARTS) is 1. The molecule has 0 radical (unpaired) electrons. The van der Waals surface area contributed by atoms with Crippen molar-refractivity contribution in [3.05, 3.63) is 35.6 Å². The van der Waals surface area contributed by atoms with Gasteiger partial charge in [-0.1, -0.05) is 18.2 Å². The molecule has 1 rings (SSSR count). The summed E-state index contributed by atoms with van der Waals surface area (Å²) < 4.78 is 50.7. The molecule has 1 aromatic rings. The van der Waals surface area contributed by atoms with Crippen LogP contribution in [-0.2, 0) is 4.79 Å². The molecule has 0 heterocycles. The molecule has 1 atom stereocenters. The number of hydrogen-bond donors (Lipinski definition) is 1. The Morgan fingerprint density at radius 3 is 2.31 bits per heavy atom. The van der Waals surface area contributed by atoms with Crippen LogP contribution in [0.2, 0.25) is 0 Å². The zero-order chi connectivity index (χ0) is 12.3. The van der Waals surface area contributed by atoms with Gasteiger partial charge in [0.2, 0.25) is 0 Å². The van der Waals surface area contributed by atoms with Gasteiger partial charge in [-0.15, -0.1) is 0 Å². The Kier molecular flexibility index (Phi) is 3.51. The maximum absolute atomic E-state index is 13.1. The van der Waals surface area contributed by atoms with E-state index in [2.05, 4.69) is 0 Å². The first-order valence-corrected chi connectivity index (χ1v) is 4.35. The predicted octanol–water partition coefficient (Wildman–Crippen LogP) is 2.95. The molecule has 0 saturated carbocycles. The number of carbonyl (C=O) groups is 1. The molecule has 6 heteroatoms. The molecule has 16 heavy (non-hydrogen) atoms. The second kappa shape index (κ2) is 4.51. The fourth-order valence-electron chi connectivity index (χ4n) is 1.33. The number of hydrogen-bond acceptors (Lipinski definition) is 1. The monoisotopic (exact) mass is 236 g/mol. The molecule has 0 fully saturated rings. The van der Waals surface area contributed by atoms with Gasteiger partial charge in [-0.25, -0.2) is 4.39 Å². The average molecular weight is 236 g/mol. The summed E-state index contributed by atoms with van der Waals surface area (Å²) in [6.07, 6.45) is -5.95. The summed E-state index contributed by atoms with van der Waals surface area (Å²) >= 11 is 0. The van der Waals surface area contributed by atoms with Crippen LogP contribution in [0, 0.1) is 5.82 Å². The number of aliphatic carboxylic acids is 1. The second-order valence-corrected chi connectivity index (χ2v) is 3.21. The number of halogens is 4. The Morgan fingerprint density at radius 2 is 1.88 bits per heavy atom. The summed E-state index contributed by atoms with van der Waals surface area (Å²) in [4.78, 5) is 10.3. The minimum atomic E-state index is -4.78. The summed E-state index contributed by atoms with van der Waals surface area (Å²) in [6, 6.07) is 4.29. The van der Waals surface area contributed by atoms with E-state index in [1.54, 1.807) is 0 Å². The minimum absolute atomic E-state index is 0.641. The SMILES string of the molecule is O=C(O)CC(c1ccccc1F)C(F)(F)F. The molecule has 1 aromatic carbocycles. The zero-order valence-corrected chi connectivity index (χ0v) is 7.96. The van der Waals surface area contributed by atoms with Crippen LogP contribution in [0.25, 0.3) is 0 Å². The van der Waals surface area contributed by atoms with E-state index >= 15 is 0 Å². The molecule has 0 spiro atoms. The van der Waals surface area contributed by atoms with Crippen LogP contribution in [0.1, 0.15) is 17.9 Å². The van der Waals surface area contributed by atoms with Crippen LogP contribution in [0.3, 0.4) is 0 Å². The van der Waals surface area contributed by atoms with Crippen LogP contribution in [-0.4, -0.2) is 17.3 Å². The molecule has 0 aliphatic carbocycles. The molecule has 0 aliphatic rings.